The molecule has 0 aromatic heterocycles. The van der Waals surface area contributed by atoms with Gasteiger partial charge in [-0.15, -0.1) is 12.8 Å². The number of amides is 2. The minimum atomic E-state index is -0.646. The zero-order valence-corrected chi connectivity index (χ0v) is 21.4. The molecule has 0 aliphatic heterocycles. The average Bonchev–Trinajstić information content (AvgIpc) is 2.82. The highest BCUT2D eigenvalue weighted by atomic mass is 79.9. The molecule has 176 valence electrons. The number of nitrogens with one attached hydrogen (secondary N) is 2. The molecule has 2 amide bonds. The van der Waals surface area contributed by atoms with Crippen LogP contribution in [0.1, 0.15) is 11.1 Å². The van der Waals surface area contributed by atoms with Crippen molar-refractivity contribution in [2.75, 3.05) is 27.4 Å². The Morgan fingerprint density at radius 2 is 1.29 bits per heavy atom. The summed E-state index contributed by atoms with van der Waals surface area (Å²) < 4.78 is 22.8. The maximum absolute atomic E-state index is 12.0. The topological polar surface area (TPSA) is 103 Å². The first-order chi connectivity index (χ1) is 16.4. The standard InChI is InChI=1S/C23H20Br2N4O5/c1-5-7-33-21-17(24)9-15(11-19(21)31-3)13-26-28-23(30)29-27-14-16-10-18(25)22(34-8-6-2)20(12-16)32-4/h1-2,9-14H,7-8H2,3-4H3,(H2,28,29,30)/b26-13-,27-14?. The third kappa shape index (κ3) is 7.73. The molecule has 0 bridgehead atoms. The fourth-order valence-electron chi connectivity index (χ4n) is 2.49. The number of carbonyl (C=O) groups is 1. The lowest BCUT2D eigenvalue weighted by Crippen LogP contribution is -2.28. The summed E-state index contributed by atoms with van der Waals surface area (Å²) >= 11 is 6.79. The van der Waals surface area contributed by atoms with Crippen molar-refractivity contribution in [2.45, 2.75) is 0 Å². The lowest BCUT2D eigenvalue weighted by molar-refractivity contribution is 0.242. The Kier molecular flexibility index (Phi) is 10.8. The second kappa shape index (κ2) is 13.8. The van der Waals surface area contributed by atoms with E-state index in [0.717, 1.165) is 0 Å². The summed E-state index contributed by atoms with van der Waals surface area (Å²) in [6.45, 7) is 0.191. The smallest absolute Gasteiger partial charge is 0.355 e. The van der Waals surface area contributed by atoms with Crippen LogP contribution in [0.3, 0.4) is 0 Å². The summed E-state index contributed by atoms with van der Waals surface area (Å²) in [6, 6.07) is 6.18. The van der Waals surface area contributed by atoms with Crippen molar-refractivity contribution >= 4 is 50.3 Å². The van der Waals surface area contributed by atoms with E-state index in [0.29, 0.717) is 43.1 Å². The van der Waals surface area contributed by atoms with Gasteiger partial charge in [-0.05, 0) is 67.3 Å². The number of rotatable bonds is 10. The third-order valence-corrected chi connectivity index (χ3v) is 5.04. The Labute approximate surface area is 214 Å². The van der Waals surface area contributed by atoms with Gasteiger partial charge >= 0.3 is 6.03 Å². The second-order valence-corrected chi connectivity index (χ2v) is 7.83. The van der Waals surface area contributed by atoms with Crippen LogP contribution in [-0.4, -0.2) is 45.9 Å². The van der Waals surface area contributed by atoms with Gasteiger partial charge in [0.05, 0.1) is 35.6 Å². The minimum Gasteiger partial charge on any atom is -0.493 e. The third-order valence-electron chi connectivity index (χ3n) is 3.86. The quantitative estimate of drug-likeness (QED) is 0.248. The van der Waals surface area contributed by atoms with Gasteiger partial charge < -0.3 is 18.9 Å². The number of nitrogens with zero attached hydrogens (tertiary/aromatic N) is 2. The summed E-state index contributed by atoms with van der Waals surface area (Å²) in [4.78, 5) is 12.0. The van der Waals surface area contributed by atoms with Crippen molar-refractivity contribution in [3.05, 3.63) is 44.3 Å². The molecule has 2 aromatic carbocycles. The lowest BCUT2D eigenvalue weighted by Gasteiger charge is -2.11. The summed E-state index contributed by atoms with van der Waals surface area (Å²) in [5.74, 6) is 6.63. The zero-order chi connectivity index (χ0) is 24.9. The number of urea groups is 1. The Morgan fingerprint density at radius 1 is 0.882 bits per heavy atom. The highest BCUT2D eigenvalue weighted by Gasteiger charge is 2.12. The number of hydrazone groups is 2. The van der Waals surface area contributed by atoms with Crippen LogP contribution >= 0.6 is 31.9 Å². The van der Waals surface area contributed by atoms with Crippen molar-refractivity contribution in [3.8, 4) is 47.7 Å². The van der Waals surface area contributed by atoms with E-state index < -0.39 is 6.03 Å². The van der Waals surface area contributed by atoms with Gasteiger partial charge in [-0.2, -0.15) is 10.2 Å². The Bertz CT molecular complexity index is 1080. The van der Waals surface area contributed by atoms with Gasteiger partial charge in [0, 0.05) is 0 Å². The highest BCUT2D eigenvalue weighted by Crippen LogP contribution is 2.37. The maximum Gasteiger partial charge on any atom is 0.355 e. The van der Waals surface area contributed by atoms with E-state index in [9.17, 15) is 4.79 Å². The van der Waals surface area contributed by atoms with E-state index in [1.54, 1.807) is 24.3 Å². The first-order valence-corrected chi connectivity index (χ1v) is 11.0. The molecular formula is C23H20Br2N4O5. The molecule has 0 aliphatic rings. The molecule has 0 aliphatic carbocycles. The molecule has 0 spiro atoms. The van der Waals surface area contributed by atoms with Crippen molar-refractivity contribution < 1.29 is 23.7 Å². The first kappa shape index (κ1) is 26.6. The molecule has 2 N–H and O–H groups in total. The van der Waals surface area contributed by atoms with Crippen molar-refractivity contribution in [1.29, 1.82) is 0 Å². The number of methoxy groups -OCH3 is 2. The average molecular weight is 592 g/mol. The zero-order valence-electron chi connectivity index (χ0n) is 18.2. The number of carbonyl (C=O) groups excluding carboxylic acids is 1. The summed E-state index contributed by atoms with van der Waals surface area (Å²) in [5, 5.41) is 7.77. The highest BCUT2D eigenvalue weighted by molar-refractivity contribution is 9.11. The van der Waals surface area contributed by atoms with Gasteiger partial charge in [0.25, 0.3) is 0 Å². The summed E-state index contributed by atoms with van der Waals surface area (Å²) in [6.07, 6.45) is 13.3. The molecule has 0 saturated carbocycles. The molecule has 34 heavy (non-hydrogen) atoms. The van der Waals surface area contributed by atoms with Crippen LogP contribution in [-0.2, 0) is 0 Å². The molecular weight excluding hydrogens is 572 g/mol. The van der Waals surface area contributed by atoms with Crippen molar-refractivity contribution in [2.24, 2.45) is 10.2 Å². The Morgan fingerprint density at radius 3 is 1.65 bits per heavy atom. The predicted octanol–water partition coefficient (Wildman–Crippen LogP) is 3.92. The molecule has 0 unspecified atom stereocenters. The molecule has 9 nitrogen and oxygen atoms in total. The molecule has 0 fully saturated rings. The Hall–Kier alpha value is -3.67. The van der Waals surface area contributed by atoms with Gasteiger partial charge in [-0.3, -0.25) is 0 Å². The number of hydrogen-bond donors (Lipinski definition) is 2. The van der Waals surface area contributed by atoms with Crippen molar-refractivity contribution in [3.63, 3.8) is 0 Å². The van der Waals surface area contributed by atoms with Crippen LogP contribution in [0.4, 0.5) is 4.79 Å². The van der Waals surface area contributed by atoms with E-state index in [-0.39, 0.29) is 13.2 Å². The molecule has 2 aromatic rings. The van der Waals surface area contributed by atoms with Gasteiger partial charge in [-0.1, -0.05) is 11.8 Å². The number of terminal acetylenes is 2. The maximum atomic E-state index is 12.0. The van der Waals surface area contributed by atoms with E-state index in [4.69, 9.17) is 31.8 Å². The monoisotopic (exact) mass is 590 g/mol. The van der Waals surface area contributed by atoms with Crippen LogP contribution < -0.4 is 29.8 Å². The predicted molar refractivity (Wildman–Crippen MR) is 137 cm³/mol. The lowest BCUT2D eigenvalue weighted by atomic mass is 10.2. The van der Waals surface area contributed by atoms with E-state index >= 15 is 0 Å². The number of halogens is 2. The Balaban J connectivity index is 1.98. The van der Waals surface area contributed by atoms with E-state index in [2.05, 4.69) is 64.8 Å². The number of benzene rings is 2. The summed E-state index contributed by atoms with van der Waals surface area (Å²) in [7, 11) is 3.00. The fraction of sp³-hybridized carbons (Fsp3) is 0.174. The molecule has 2 rings (SSSR count). The van der Waals surface area contributed by atoms with Crippen LogP contribution in [0, 0.1) is 24.7 Å². The number of hydrogen-bond acceptors (Lipinski definition) is 7. The van der Waals surface area contributed by atoms with Crippen LogP contribution in [0.5, 0.6) is 23.0 Å². The van der Waals surface area contributed by atoms with Crippen LogP contribution in [0.25, 0.3) is 0 Å². The van der Waals surface area contributed by atoms with Gasteiger partial charge in [0.2, 0.25) is 0 Å². The SMILES string of the molecule is C#CCOc1c(Br)cc(C=NNC(=O)N/N=C\c2cc(Br)c(OCC#C)c(OC)c2)cc1OC. The van der Waals surface area contributed by atoms with Gasteiger partial charge in [-0.25, -0.2) is 15.6 Å². The van der Waals surface area contributed by atoms with E-state index in [1.165, 1.54) is 26.6 Å². The second-order valence-electron chi connectivity index (χ2n) is 6.12. The fourth-order valence-corrected chi connectivity index (χ4v) is 3.64. The molecule has 11 heteroatoms. The van der Waals surface area contributed by atoms with Crippen LogP contribution in [0.2, 0.25) is 0 Å². The largest absolute Gasteiger partial charge is 0.493 e. The van der Waals surface area contributed by atoms with Crippen LogP contribution in [0.15, 0.2) is 43.4 Å². The normalized spacial score (nSPS) is 10.4. The summed E-state index contributed by atoms with van der Waals surface area (Å²) in [5.41, 5.74) is 5.90. The number of ether oxygens (including phenoxy) is 4. The molecule has 0 heterocycles. The molecule has 0 saturated heterocycles. The van der Waals surface area contributed by atoms with Gasteiger partial charge in [0.15, 0.2) is 23.0 Å². The molecule has 0 radical (unpaired) electrons. The minimum absolute atomic E-state index is 0.0953. The molecule has 0 atom stereocenters. The van der Waals surface area contributed by atoms with Gasteiger partial charge in [0.1, 0.15) is 13.2 Å². The van der Waals surface area contributed by atoms with Crippen molar-refractivity contribution in [1.82, 2.24) is 10.9 Å². The first-order valence-electron chi connectivity index (χ1n) is 9.43. The van der Waals surface area contributed by atoms with E-state index in [1.807, 2.05) is 0 Å².